The third-order valence-electron chi connectivity index (χ3n) is 11.0. The fourth-order valence-electron chi connectivity index (χ4n) is 8.20. The molecule has 2 aromatic carbocycles. The summed E-state index contributed by atoms with van der Waals surface area (Å²) in [6.07, 6.45) is 7.87. The maximum Gasteiger partial charge on any atom is 0.274 e. The summed E-state index contributed by atoms with van der Waals surface area (Å²) in [5.74, 6) is 0.0275. The van der Waals surface area contributed by atoms with Crippen LogP contribution >= 0.6 is 0 Å². The predicted octanol–water partition coefficient (Wildman–Crippen LogP) is 4.87. The zero-order valence-corrected chi connectivity index (χ0v) is 28.2. The minimum absolute atomic E-state index is 0.161. The number of nitrogens with zero attached hydrogens (tertiary/aromatic N) is 7. The minimum atomic E-state index is -0.473. The topological polar surface area (TPSA) is 104 Å². The molecule has 0 saturated carbocycles. The maximum absolute atomic E-state index is 15.6. The number of piperazine rings is 1. The molecule has 3 aliphatic heterocycles. The van der Waals surface area contributed by atoms with E-state index in [0.29, 0.717) is 58.7 Å². The Balaban J connectivity index is 1.02. The molecule has 0 atom stereocenters. The molecule has 11 nitrogen and oxygen atoms in total. The summed E-state index contributed by atoms with van der Waals surface area (Å²) < 4.78 is 25.0. The Hall–Kier alpha value is -4.78. The summed E-state index contributed by atoms with van der Waals surface area (Å²) in [6.45, 7) is 6.28. The number of aromatic nitrogens is 4. The SMILES string of the molecule is Cn1cnc2c(Nc3ccc(N4CCN(C5COC5)CC4)cn3)cc(-c3cc(F)cc(N4CCn5c(cc6c5CCCC6)C4=O)c3CO)cc21. The van der Waals surface area contributed by atoms with Crippen LogP contribution in [0.5, 0.6) is 0 Å². The highest BCUT2D eigenvalue weighted by atomic mass is 19.1. The number of pyridine rings is 1. The lowest BCUT2D eigenvalue weighted by atomic mass is 9.96. The first-order valence-corrected chi connectivity index (χ1v) is 17.7. The zero-order valence-electron chi connectivity index (χ0n) is 28.2. The lowest BCUT2D eigenvalue weighted by molar-refractivity contribution is -0.0660. The highest BCUT2D eigenvalue weighted by molar-refractivity contribution is 6.07. The number of nitrogens with one attached hydrogen (secondary N) is 1. The van der Waals surface area contributed by atoms with E-state index in [1.54, 1.807) is 11.2 Å². The molecule has 2 saturated heterocycles. The van der Waals surface area contributed by atoms with Crippen LogP contribution in [-0.2, 0) is 37.8 Å². The van der Waals surface area contributed by atoms with Crippen molar-refractivity contribution in [1.82, 2.24) is 24.0 Å². The van der Waals surface area contributed by atoms with Gasteiger partial charge in [0.2, 0.25) is 0 Å². The van der Waals surface area contributed by atoms with Crippen LogP contribution in [0.3, 0.4) is 0 Å². The van der Waals surface area contributed by atoms with E-state index in [1.165, 1.54) is 23.4 Å². The molecule has 9 rings (SSSR count). The van der Waals surface area contributed by atoms with Crippen molar-refractivity contribution in [3.63, 3.8) is 0 Å². The summed E-state index contributed by atoms with van der Waals surface area (Å²) in [5.41, 5.74) is 8.65. The van der Waals surface area contributed by atoms with Crippen molar-refractivity contribution >= 4 is 39.8 Å². The molecular weight excluding hydrogens is 635 g/mol. The number of ether oxygens (including phenoxy) is 1. The van der Waals surface area contributed by atoms with Gasteiger partial charge in [0.25, 0.3) is 5.91 Å². The molecule has 12 heteroatoms. The fourth-order valence-corrected chi connectivity index (χ4v) is 8.20. The molecule has 6 heterocycles. The highest BCUT2D eigenvalue weighted by Gasteiger charge is 2.33. The number of carbonyl (C=O) groups is 1. The van der Waals surface area contributed by atoms with Crippen LogP contribution < -0.4 is 15.1 Å². The number of rotatable bonds is 7. The number of hydrogen-bond donors (Lipinski definition) is 2. The molecule has 258 valence electrons. The molecule has 0 spiro atoms. The van der Waals surface area contributed by atoms with Crippen LogP contribution in [0.15, 0.2) is 55.0 Å². The Kier molecular flexibility index (Phi) is 7.82. The highest BCUT2D eigenvalue weighted by Crippen LogP contribution is 2.39. The molecule has 2 fully saturated rings. The number of aliphatic hydroxyl groups excluding tert-OH is 1. The van der Waals surface area contributed by atoms with Crippen LogP contribution in [0.1, 0.15) is 40.2 Å². The monoisotopic (exact) mass is 676 g/mol. The van der Waals surface area contributed by atoms with Crippen molar-refractivity contribution in [2.24, 2.45) is 7.05 Å². The third-order valence-corrected chi connectivity index (χ3v) is 11.0. The Bertz CT molecular complexity index is 2100. The number of aliphatic hydroxyl groups is 1. The Morgan fingerprint density at radius 3 is 2.58 bits per heavy atom. The molecule has 0 unspecified atom stereocenters. The summed E-state index contributed by atoms with van der Waals surface area (Å²) in [4.78, 5) is 29.9. The van der Waals surface area contributed by atoms with Gasteiger partial charge in [0.05, 0.1) is 61.0 Å². The van der Waals surface area contributed by atoms with Crippen molar-refractivity contribution in [1.29, 1.82) is 0 Å². The van der Waals surface area contributed by atoms with Crippen molar-refractivity contribution < 1.29 is 19.0 Å². The van der Waals surface area contributed by atoms with Gasteiger partial charge in [0.1, 0.15) is 22.8 Å². The molecule has 4 aliphatic rings. The summed E-state index contributed by atoms with van der Waals surface area (Å²) >= 11 is 0. The molecular formula is C38H41FN8O3. The van der Waals surface area contributed by atoms with E-state index in [9.17, 15) is 9.90 Å². The Morgan fingerprint density at radius 2 is 1.82 bits per heavy atom. The molecule has 50 heavy (non-hydrogen) atoms. The number of amides is 1. The molecule has 3 aromatic heterocycles. The van der Waals surface area contributed by atoms with Gasteiger partial charge in [-0.05, 0) is 84.8 Å². The van der Waals surface area contributed by atoms with Gasteiger partial charge >= 0.3 is 0 Å². The quantitative estimate of drug-likeness (QED) is 0.252. The van der Waals surface area contributed by atoms with Crippen LogP contribution in [0, 0.1) is 5.82 Å². The van der Waals surface area contributed by atoms with Crippen molar-refractivity contribution in [2.45, 2.75) is 44.9 Å². The van der Waals surface area contributed by atoms with Gasteiger partial charge in [-0.2, -0.15) is 0 Å². The van der Waals surface area contributed by atoms with Gasteiger partial charge in [-0.3, -0.25) is 9.69 Å². The van der Waals surface area contributed by atoms with Crippen LogP contribution in [0.2, 0.25) is 0 Å². The van der Waals surface area contributed by atoms with Gasteiger partial charge in [-0.1, -0.05) is 0 Å². The first-order chi connectivity index (χ1) is 24.4. The van der Waals surface area contributed by atoms with Crippen molar-refractivity contribution in [2.75, 3.05) is 61.1 Å². The van der Waals surface area contributed by atoms with E-state index in [4.69, 9.17) is 9.72 Å². The van der Waals surface area contributed by atoms with Crippen LogP contribution in [-0.4, -0.2) is 87.0 Å². The lowest BCUT2D eigenvalue weighted by Gasteiger charge is -2.43. The summed E-state index contributed by atoms with van der Waals surface area (Å²) in [5, 5.41) is 14.3. The second-order valence-electron chi connectivity index (χ2n) is 13.9. The van der Waals surface area contributed by atoms with Crippen LogP contribution in [0.4, 0.5) is 27.3 Å². The van der Waals surface area contributed by atoms with Gasteiger partial charge in [-0.15, -0.1) is 0 Å². The molecule has 1 amide bonds. The largest absolute Gasteiger partial charge is 0.392 e. The molecule has 5 aromatic rings. The molecule has 0 radical (unpaired) electrons. The van der Waals surface area contributed by atoms with E-state index in [1.807, 2.05) is 42.1 Å². The van der Waals surface area contributed by atoms with Crippen molar-refractivity contribution in [3.05, 3.63) is 83.3 Å². The van der Waals surface area contributed by atoms with E-state index < -0.39 is 5.82 Å². The Labute approximate surface area is 289 Å². The number of halogens is 1. The number of imidazole rings is 1. The molecule has 0 bridgehead atoms. The number of hydrogen-bond acceptors (Lipinski definition) is 8. The number of fused-ring (bicyclic) bond motifs is 4. The van der Waals surface area contributed by atoms with E-state index in [-0.39, 0.29) is 12.5 Å². The van der Waals surface area contributed by atoms with Gasteiger partial charge in [-0.25, -0.2) is 14.4 Å². The van der Waals surface area contributed by atoms with Crippen molar-refractivity contribution in [3.8, 4) is 11.1 Å². The smallest absolute Gasteiger partial charge is 0.274 e. The normalized spacial score (nSPS) is 18.3. The molecule has 2 N–H and O–H groups in total. The number of aryl methyl sites for hydroxylation is 2. The average molecular weight is 677 g/mol. The van der Waals surface area contributed by atoms with Crippen LogP contribution in [0.25, 0.3) is 22.2 Å². The number of benzene rings is 2. The Morgan fingerprint density at radius 1 is 0.980 bits per heavy atom. The zero-order chi connectivity index (χ0) is 33.9. The average Bonchev–Trinajstić information content (AvgIpc) is 3.69. The first-order valence-electron chi connectivity index (χ1n) is 17.7. The second kappa shape index (κ2) is 12.5. The summed E-state index contributed by atoms with van der Waals surface area (Å²) in [6, 6.07) is 13.3. The van der Waals surface area contributed by atoms with E-state index in [2.05, 4.69) is 30.7 Å². The number of carbonyl (C=O) groups excluding carboxylic acids is 1. The lowest BCUT2D eigenvalue weighted by Crippen LogP contribution is -2.56. The maximum atomic E-state index is 15.6. The van der Waals surface area contributed by atoms with Gasteiger partial charge in [0, 0.05) is 57.6 Å². The predicted molar refractivity (Wildman–Crippen MR) is 191 cm³/mol. The van der Waals surface area contributed by atoms with Gasteiger partial charge < -0.3 is 34.1 Å². The van der Waals surface area contributed by atoms with Gasteiger partial charge in [0.15, 0.2) is 0 Å². The van der Waals surface area contributed by atoms with E-state index >= 15 is 4.39 Å². The van der Waals surface area contributed by atoms with E-state index in [0.717, 1.165) is 81.8 Å². The third kappa shape index (κ3) is 5.33. The standard InChI is InChI=1S/C38H41FN8O3/c1-43-23-41-37-31(42-36-7-6-27(19-40-36)44-8-10-45(11-9-44)28-21-50-22-28)14-25(16-34(37)43)29-17-26(39)18-33(30(29)20-48)47-13-12-46-32-5-3-2-4-24(32)15-35(46)38(47)49/h6-7,14-19,23,28,48H,2-5,8-13,20-22H2,1H3,(H,40,42). The fraction of sp³-hybridized carbons (Fsp3) is 0.395. The minimum Gasteiger partial charge on any atom is -0.392 e. The second-order valence-corrected chi connectivity index (χ2v) is 13.9. The summed E-state index contributed by atoms with van der Waals surface area (Å²) in [7, 11) is 1.92. The first kappa shape index (κ1) is 31.2. The number of anilines is 4. The molecule has 1 aliphatic carbocycles.